The van der Waals surface area contributed by atoms with E-state index < -0.39 is 0 Å². The summed E-state index contributed by atoms with van der Waals surface area (Å²) >= 11 is 0. The number of nitrogen functional groups attached to an aromatic ring is 1. The van der Waals surface area contributed by atoms with Gasteiger partial charge in [-0.1, -0.05) is 24.3 Å². The van der Waals surface area contributed by atoms with Gasteiger partial charge in [0.1, 0.15) is 5.75 Å². The highest BCUT2D eigenvalue weighted by Gasteiger charge is 2.06. The molecular weight excluding hydrogens is 198 g/mol. The molecule has 0 aliphatic rings. The van der Waals surface area contributed by atoms with Crippen LogP contribution in [0.15, 0.2) is 36.4 Å². The Morgan fingerprint density at radius 3 is 2.31 bits per heavy atom. The number of anilines is 1. The highest BCUT2D eigenvalue weighted by molar-refractivity contribution is 5.74. The van der Waals surface area contributed by atoms with Gasteiger partial charge in [-0.3, -0.25) is 0 Å². The predicted molar refractivity (Wildman–Crippen MR) is 67.4 cm³/mol. The van der Waals surface area contributed by atoms with Crippen LogP contribution in [-0.4, -0.2) is 5.11 Å². The third-order valence-corrected chi connectivity index (χ3v) is 2.82. The van der Waals surface area contributed by atoms with Gasteiger partial charge in [0.15, 0.2) is 0 Å². The third-order valence-electron chi connectivity index (χ3n) is 2.82. The van der Waals surface area contributed by atoms with E-state index in [4.69, 9.17) is 5.73 Å². The van der Waals surface area contributed by atoms with Crippen LogP contribution in [0.2, 0.25) is 0 Å². The smallest absolute Gasteiger partial charge is 0.139 e. The van der Waals surface area contributed by atoms with Gasteiger partial charge in [0.25, 0.3) is 0 Å². The van der Waals surface area contributed by atoms with Crippen LogP contribution in [0.25, 0.3) is 11.1 Å². The number of hydrogen-bond donors (Lipinski definition) is 2. The fourth-order valence-electron chi connectivity index (χ4n) is 1.83. The van der Waals surface area contributed by atoms with Crippen molar-refractivity contribution in [3.8, 4) is 16.9 Å². The number of aryl methyl sites for hydroxylation is 2. The standard InChI is InChI=1S/C14H15NO/c1-9-5-3-4-6-12(9)11-7-10(2)14(15)13(16)8-11/h3-8,16H,15H2,1-2H3. The van der Waals surface area contributed by atoms with Crippen LogP contribution >= 0.6 is 0 Å². The van der Waals surface area contributed by atoms with Crippen LogP contribution < -0.4 is 5.73 Å². The molecule has 2 aromatic carbocycles. The molecule has 0 aliphatic heterocycles. The zero-order chi connectivity index (χ0) is 11.7. The molecular formula is C14H15NO. The normalized spacial score (nSPS) is 10.4. The number of phenolic OH excluding ortho intramolecular Hbond substituents is 1. The Morgan fingerprint density at radius 2 is 1.69 bits per heavy atom. The van der Waals surface area contributed by atoms with Gasteiger partial charge < -0.3 is 10.8 Å². The zero-order valence-electron chi connectivity index (χ0n) is 9.49. The van der Waals surface area contributed by atoms with Crippen molar-refractivity contribution in [2.24, 2.45) is 0 Å². The zero-order valence-corrected chi connectivity index (χ0v) is 9.49. The van der Waals surface area contributed by atoms with Gasteiger partial charge in [-0.15, -0.1) is 0 Å². The van der Waals surface area contributed by atoms with Gasteiger partial charge in [-0.05, 0) is 48.2 Å². The molecule has 0 aromatic heterocycles. The maximum atomic E-state index is 9.71. The minimum absolute atomic E-state index is 0.151. The van der Waals surface area contributed by atoms with Crippen LogP contribution in [0.3, 0.4) is 0 Å². The van der Waals surface area contributed by atoms with Crippen LogP contribution in [0.1, 0.15) is 11.1 Å². The molecule has 3 N–H and O–H groups in total. The minimum atomic E-state index is 0.151. The van der Waals surface area contributed by atoms with E-state index >= 15 is 0 Å². The molecule has 82 valence electrons. The summed E-state index contributed by atoms with van der Waals surface area (Å²) in [4.78, 5) is 0. The first-order chi connectivity index (χ1) is 7.59. The summed E-state index contributed by atoms with van der Waals surface area (Å²) in [5, 5.41) is 9.71. The monoisotopic (exact) mass is 213 g/mol. The van der Waals surface area contributed by atoms with Crippen LogP contribution in [0, 0.1) is 13.8 Å². The molecule has 0 heterocycles. The second-order valence-electron chi connectivity index (χ2n) is 4.04. The van der Waals surface area contributed by atoms with E-state index in [1.54, 1.807) is 6.07 Å². The van der Waals surface area contributed by atoms with E-state index in [0.717, 1.165) is 16.7 Å². The first-order valence-electron chi connectivity index (χ1n) is 5.24. The Hall–Kier alpha value is -1.96. The van der Waals surface area contributed by atoms with E-state index in [1.165, 1.54) is 5.56 Å². The van der Waals surface area contributed by atoms with Gasteiger partial charge >= 0.3 is 0 Å². The van der Waals surface area contributed by atoms with E-state index in [1.807, 2.05) is 31.2 Å². The minimum Gasteiger partial charge on any atom is -0.506 e. The van der Waals surface area contributed by atoms with E-state index in [0.29, 0.717) is 5.69 Å². The molecule has 16 heavy (non-hydrogen) atoms. The van der Waals surface area contributed by atoms with Crippen molar-refractivity contribution < 1.29 is 5.11 Å². The molecule has 0 radical (unpaired) electrons. The lowest BCUT2D eigenvalue weighted by molar-refractivity contribution is 0.478. The summed E-state index contributed by atoms with van der Waals surface area (Å²) < 4.78 is 0. The van der Waals surface area contributed by atoms with Crippen molar-refractivity contribution in [2.75, 3.05) is 5.73 Å². The number of hydrogen-bond acceptors (Lipinski definition) is 2. The summed E-state index contributed by atoms with van der Waals surface area (Å²) in [5.41, 5.74) is 10.4. The second kappa shape index (κ2) is 3.89. The molecule has 0 amide bonds. The Balaban J connectivity index is 2.62. The lowest BCUT2D eigenvalue weighted by Crippen LogP contribution is -1.92. The largest absolute Gasteiger partial charge is 0.506 e. The topological polar surface area (TPSA) is 46.2 Å². The van der Waals surface area contributed by atoms with Crippen LogP contribution in [-0.2, 0) is 0 Å². The summed E-state index contributed by atoms with van der Waals surface area (Å²) in [6.45, 7) is 3.95. The lowest BCUT2D eigenvalue weighted by atomic mass is 9.98. The molecule has 2 heteroatoms. The Kier molecular flexibility index (Phi) is 2.57. The van der Waals surface area contributed by atoms with Crippen molar-refractivity contribution in [2.45, 2.75) is 13.8 Å². The summed E-state index contributed by atoms with van der Waals surface area (Å²) in [6.07, 6.45) is 0. The van der Waals surface area contributed by atoms with Gasteiger partial charge in [0.05, 0.1) is 5.69 Å². The lowest BCUT2D eigenvalue weighted by Gasteiger charge is -2.10. The number of phenols is 1. The summed E-state index contributed by atoms with van der Waals surface area (Å²) in [7, 11) is 0. The third kappa shape index (κ3) is 1.74. The fraction of sp³-hybridized carbons (Fsp3) is 0.143. The number of aromatic hydroxyl groups is 1. The Morgan fingerprint density at radius 1 is 1.00 bits per heavy atom. The highest BCUT2D eigenvalue weighted by Crippen LogP contribution is 2.32. The molecule has 0 aliphatic carbocycles. The van der Waals surface area contributed by atoms with Crippen LogP contribution in [0.4, 0.5) is 5.69 Å². The van der Waals surface area contributed by atoms with E-state index in [-0.39, 0.29) is 5.75 Å². The Labute approximate surface area is 95.4 Å². The SMILES string of the molecule is Cc1ccccc1-c1cc(C)c(N)c(O)c1. The molecule has 2 aromatic rings. The van der Waals surface area contributed by atoms with Crippen LogP contribution in [0.5, 0.6) is 5.75 Å². The average molecular weight is 213 g/mol. The molecule has 0 fully saturated rings. The first kappa shape index (κ1) is 10.6. The van der Waals surface area contributed by atoms with E-state index in [2.05, 4.69) is 13.0 Å². The van der Waals surface area contributed by atoms with Gasteiger partial charge in [-0.2, -0.15) is 0 Å². The second-order valence-corrected chi connectivity index (χ2v) is 4.04. The van der Waals surface area contributed by atoms with Crippen molar-refractivity contribution >= 4 is 5.69 Å². The molecule has 0 saturated carbocycles. The molecule has 0 unspecified atom stereocenters. The molecule has 0 saturated heterocycles. The van der Waals surface area contributed by atoms with Gasteiger partial charge in [0, 0.05) is 0 Å². The predicted octanol–water partition coefficient (Wildman–Crippen LogP) is 3.26. The van der Waals surface area contributed by atoms with Crippen molar-refractivity contribution in [3.63, 3.8) is 0 Å². The summed E-state index contributed by atoms with van der Waals surface area (Å²) in [5.74, 6) is 0.151. The van der Waals surface area contributed by atoms with Gasteiger partial charge in [-0.25, -0.2) is 0 Å². The molecule has 0 bridgehead atoms. The maximum Gasteiger partial charge on any atom is 0.139 e. The first-order valence-corrected chi connectivity index (χ1v) is 5.24. The Bertz CT molecular complexity index is 509. The van der Waals surface area contributed by atoms with Gasteiger partial charge in [0.2, 0.25) is 0 Å². The molecule has 0 spiro atoms. The number of rotatable bonds is 1. The highest BCUT2D eigenvalue weighted by atomic mass is 16.3. The molecule has 0 atom stereocenters. The molecule has 2 rings (SSSR count). The maximum absolute atomic E-state index is 9.71. The van der Waals surface area contributed by atoms with Crippen molar-refractivity contribution in [3.05, 3.63) is 47.5 Å². The average Bonchev–Trinajstić information content (AvgIpc) is 2.26. The van der Waals surface area contributed by atoms with Crippen molar-refractivity contribution in [1.29, 1.82) is 0 Å². The van der Waals surface area contributed by atoms with E-state index in [9.17, 15) is 5.11 Å². The summed E-state index contributed by atoms with van der Waals surface area (Å²) in [6, 6.07) is 11.8. The fourth-order valence-corrected chi connectivity index (χ4v) is 1.83. The number of benzene rings is 2. The van der Waals surface area contributed by atoms with Crippen molar-refractivity contribution in [1.82, 2.24) is 0 Å². The number of nitrogens with two attached hydrogens (primary N) is 1. The molecule has 2 nitrogen and oxygen atoms in total. The quantitative estimate of drug-likeness (QED) is 0.564.